The average molecular weight is 2130 g/mol. The summed E-state index contributed by atoms with van der Waals surface area (Å²) in [4.78, 5) is 148. The first-order valence-electron chi connectivity index (χ1n) is 40.8. The zero-order chi connectivity index (χ0) is 99.3. The number of carbonyl (C=O) groups excluding carboxylic acids is 9. The Labute approximate surface area is 805 Å². The third kappa shape index (κ3) is 20.4. The van der Waals surface area contributed by atoms with Crippen LogP contribution in [0.5, 0.6) is 28.7 Å². The second-order valence-corrected chi connectivity index (χ2v) is 47.5. The molecule has 8 N–H and O–H groups in total. The number of urea groups is 3. The molecule has 6 aliphatic heterocycles. The molecular formula is C87H77Cl4F8IN16O19Si2. The largest absolute Gasteiger partial charge is 0.506 e. The lowest BCUT2D eigenvalue weighted by Gasteiger charge is -2.29. The third-order valence-electron chi connectivity index (χ3n) is 22.1. The monoisotopic (exact) mass is 2120 g/mol. The molecule has 3 atom stereocenters. The van der Waals surface area contributed by atoms with Gasteiger partial charge in [-0.25, -0.2) is 89.2 Å². The van der Waals surface area contributed by atoms with E-state index in [0.717, 1.165) is 58.4 Å². The first kappa shape index (κ1) is 99.8. The molecule has 6 aliphatic rings. The van der Waals surface area contributed by atoms with E-state index in [-0.39, 0.29) is 157 Å². The number of amides is 12. The number of nitrogens with zero attached hydrogens (tertiary/aromatic N) is 11. The van der Waals surface area contributed by atoms with E-state index in [1.807, 2.05) is 0 Å². The lowest BCUT2D eigenvalue weighted by Crippen LogP contribution is -2.52. The van der Waals surface area contributed by atoms with Gasteiger partial charge in [-0.05, 0) is 81.7 Å². The van der Waals surface area contributed by atoms with E-state index in [2.05, 4.69) is 90.5 Å². The van der Waals surface area contributed by atoms with Crippen LogP contribution >= 0.6 is 69.0 Å². The van der Waals surface area contributed by atoms with Gasteiger partial charge in [0.15, 0.2) is 118 Å². The summed E-state index contributed by atoms with van der Waals surface area (Å²) in [6.07, 6.45) is 2.45. The molecule has 15 heterocycles. The standard InChI is InChI=1S/C31H32F2N6O6Si.C26H27ClF2N4O6Si.C20H13ClF2N4O5.C5H2ClFINO.C5H3ClFNO/c1-43-21-7-5-18-14-38(28(40)25(18)26(21)33)15-31(29(41)39(30(42)37-31)16-44-9-10-46(2,3)4)23-12-20-22(45-23)11-19(32)27(36-20)17-6-8-24(34)35-13-17;1-37-17-6-5-14-11-32(23(34)20(14)21(17)29)12-26(19-10-16-18(39-19)9-15(28)22(27)30-16)24(35)33(25(36)31-26)13-38-7-8-40(2,3)4;1-31-11-3-2-8-6-27(17(28)14(8)15(11)23)7-20(18(29)25-19(30)26-20)13-5-10-12(32-13)4-9(22)16(21)24-10;6-4-2(7)1-3(10)5(8)9-4;6-5-4(7)1-3(9)2-8-5/h5-8,11-13H,9-10,14-16H2,1-4H3,(H2,34,35)(H,37,42);5-6,9-10H,7-8,11-13H2,1-4H3,(H,31,36);2-5H,6-7H2,1H3,(H2,25,26,29,30);1,10H;1-2,9H/t31-;26-;20-;;/m111../s1. The number of methoxy groups -OCH3 is 3. The number of nitrogen functional groups attached to an aromatic ring is 1. The van der Waals surface area contributed by atoms with Gasteiger partial charge in [0.2, 0.25) is 0 Å². The topological polar surface area (TPSA) is 447 Å². The maximum Gasteiger partial charge on any atom is 0.327 e. The maximum atomic E-state index is 15.2. The Morgan fingerprint density at radius 3 is 1.23 bits per heavy atom. The van der Waals surface area contributed by atoms with Crippen molar-refractivity contribution in [1.29, 1.82) is 0 Å². The van der Waals surface area contributed by atoms with Crippen molar-refractivity contribution in [3.05, 3.63) is 231 Å². The molecule has 3 saturated heterocycles. The second kappa shape index (κ2) is 39.5. The summed E-state index contributed by atoms with van der Waals surface area (Å²) in [6, 6.07) is 20.3. The molecule has 3 aromatic carbocycles. The molecule has 18 rings (SSSR count). The van der Waals surface area contributed by atoms with E-state index >= 15 is 8.78 Å². The Bertz CT molecular complexity index is 6800. The van der Waals surface area contributed by atoms with E-state index in [0.29, 0.717) is 39.2 Å². The Hall–Kier alpha value is -13.1. The molecular weight excluding hydrogens is 2050 g/mol. The molecule has 0 aliphatic carbocycles. The summed E-state index contributed by atoms with van der Waals surface area (Å²) >= 11 is 23.8. The molecule has 9 aromatic heterocycles. The van der Waals surface area contributed by atoms with E-state index in [1.54, 1.807) is 46.9 Å². The summed E-state index contributed by atoms with van der Waals surface area (Å²) in [6.45, 7) is 11.8. The number of anilines is 1. The number of aromatic nitrogens is 6. The zero-order valence-corrected chi connectivity index (χ0v) is 80.3. The number of rotatable bonds is 23. The van der Waals surface area contributed by atoms with Crippen molar-refractivity contribution in [1.82, 2.24) is 75.7 Å². The number of fused-ring (bicyclic) bond motifs is 6. The van der Waals surface area contributed by atoms with E-state index in [4.69, 9.17) is 99.3 Å². The highest BCUT2D eigenvalue weighted by atomic mass is 127. The number of benzene rings is 3. The van der Waals surface area contributed by atoms with Crippen LogP contribution in [-0.4, -0.2) is 202 Å². The number of aromatic hydroxyl groups is 2. The summed E-state index contributed by atoms with van der Waals surface area (Å²) in [5.74, 6) is -11.4. The third-order valence-corrected chi connectivity index (χ3v) is 27.4. The van der Waals surface area contributed by atoms with Crippen LogP contribution in [0.15, 0.2) is 123 Å². The van der Waals surface area contributed by atoms with Gasteiger partial charge in [-0.1, -0.05) is 104 Å². The van der Waals surface area contributed by atoms with Gasteiger partial charge in [0.1, 0.15) is 74.0 Å². The zero-order valence-electron chi connectivity index (χ0n) is 73.1. The summed E-state index contributed by atoms with van der Waals surface area (Å²) in [5.41, 5.74) is 1.31. The maximum absolute atomic E-state index is 15.2. The van der Waals surface area contributed by atoms with Crippen molar-refractivity contribution in [3.63, 3.8) is 0 Å². The van der Waals surface area contributed by atoms with Gasteiger partial charge in [0, 0.05) is 109 Å². The van der Waals surface area contributed by atoms with Crippen molar-refractivity contribution in [2.75, 3.05) is 73.4 Å². The van der Waals surface area contributed by atoms with Gasteiger partial charge in [-0.15, -0.1) is 0 Å². The van der Waals surface area contributed by atoms with Crippen LogP contribution in [0, 0.1) is 50.2 Å². The molecule has 35 nitrogen and oxygen atoms in total. The Balaban J connectivity index is 0.000000151. The number of halogens is 13. The quantitative estimate of drug-likeness (QED) is 0.00781. The lowest BCUT2D eigenvalue weighted by molar-refractivity contribution is -0.137. The van der Waals surface area contributed by atoms with E-state index < -0.39 is 156 Å². The lowest BCUT2D eigenvalue weighted by atomic mass is 9.95. The van der Waals surface area contributed by atoms with Crippen molar-refractivity contribution in [2.24, 2.45) is 0 Å². The smallest absolute Gasteiger partial charge is 0.327 e. The normalized spacial score (nSPS) is 17.7. The number of nitrogens with one attached hydrogen (secondary N) is 4. The van der Waals surface area contributed by atoms with Gasteiger partial charge in [-0.3, -0.25) is 34.1 Å². The Morgan fingerprint density at radius 2 is 0.861 bits per heavy atom. The van der Waals surface area contributed by atoms with Crippen LogP contribution in [-0.2, 0) is 60.1 Å². The van der Waals surface area contributed by atoms with Crippen molar-refractivity contribution in [3.8, 4) is 40.0 Å². The van der Waals surface area contributed by atoms with Gasteiger partial charge in [0.05, 0.1) is 63.9 Å². The second-order valence-electron chi connectivity index (χ2n) is 33.8. The fraction of sp³-hybridized carbons (Fsp3) is 0.276. The number of hydrogen-bond acceptors (Lipinski definition) is 26. The molecule has 0 saturated carbocycles. The Kier molecular flexibility index (Phi) is 28.8. The summed E-state index contributed by atoms with van der Waals surface area (Å²) in [5, 5.41) is 26.1. The number of furan rings is 3. The number of hydrogen-bond donors (Lipinski definition) is 7. The van der Waals surface area contributed by atoms with E-state index in [1.165, 1.54) is 84.7 Å². The molecule has 0 unspecified atom stereocenters. The van der Waals surface area contributed by atoms with Gasteiger partial charge in [0.25, 0.3) is 35.4 Å². The molecule has 0 radical (unpaired) electrons. The number of nitrogens with two attached hydrogens (primary N) is 1. The highest BCUT2D eigenvalue weighted by molar-refractivity contribution is 14.1. The minimum atomic E-state index is -1.96. The molecule has 12 aromatic rings. The first-order valence-corrected chi connectivity index (χ1v) is 50.8. The molecule has 3 fully saturated rings. The van der Waals surface area contributed by atoms with Crippen molar-refractivity contribution in [2.45, 2.75) is 87.6 Å². The van der Waals surface area contributed by atoms with Crippen LogP contribution < -0.4 is 41.2 Å². The van der Waals surface area contributed by atoms with Gasteiger partial charge < -0.3 is 83.5 Å². The highest BCUT2D eigenvalue weighted by Gasteiger charge is 2.60. The first-order chi connectivity index (χ1) is 64.7. The number of pyridine rings is 6. The van der Waals surface area contributed by atoms with Crippen molar-refractivity contribution < 1.29 is 125 Å². The fourth-order valence-corrected chi connectivity index (χ4v) is 17.6. The molecule has 0 spiro atoms. The SMILES string of the molecule is COc1ccc2c(c1F)C(=O)N(C[C@]1(c3cc4nc(-c5ccc(N)nc5)c(F)cc4o3)NC(=O)N(COCC[Si](C)(C)C)C1=O)C2.COc1ccc2c(c1F)C(=O)N(C[C@]1(c3cc4nc(Cl)c(F)cc4o3)NC(=O)N(COCC[Si](C)(C)C)C1=O)C2.COc1ccc2c(c1F)C(=O)N(C[C@]1(c3cc4nc(Cl)c(F)cc4o3)NC(=O)NC1=O)C2.Oc1cc(F)c(Cl)nc1I.Oc1cnc(Cl)c(F)c1. The summed E-state index contributed by atoms with van der Waals surface area (Å²) in [7, 11) is 0.970. The minimum absolute atomic E-state index is 0.00210. The molecule has 718 valence electrons. The average Bonchev–Trinajstić information content (AvgIpc) is 1.56. The van der Waals surface area contributed by atoms with Crippen molar-refractivity contribution >= 4 is 178 Å². The number of imide groups is 3. The molecule has 50 heteroatoms. The molecule has 0 bridgehead atoms. The highest BCUT2D eigenvalue weighted by Crippen LogP contribution is 2.44. The summed E-state index contributed by atoms with van der Waals surface area (Å²) < 4.78 is 157. The van der Waals surface area contributed by atoms with Crippen LogP contribution in [0.1, 0.15) is 65.0 Å². The predicted octanol–water partition coefficient (Wildman–Crippen LogP) is 15.2. The number of carbonyl (C=O) groups is 9. The van der Waals surface area contributed by atoms with Crippen LogP contribution in [0.2, 0.25) is 72.0 Å². The van der Waals surface area contributed by atoms with Crippen LogP contribution in [0.3, 0.4) is 0 Å². The van der Waals surface area contributed by atoms with Gasteiger partial charge >= 0.3 is 18.1 Å². The molecule has 137 heavy (non-hydrogen) atoms. The van der Waals surface area contributed by atoms with Crippen LogP contribution in [0.25, 0.3) is 44.6 Å². The fourth-order valence-electron chi connectivity index (χ4n) is 15.0. The number of ether oxygens (including phenoxy) is 5. The Morgan fingerprint density at radius 1 is 0.474 bits per heavy atom. The van der Waals surface area contributed by atoms with Crippen LogP contribution in [0.4, 0.5) is 55.3 Å². The van der Waals surface area contributed by atoms with Gasteiger partial charge in [-0.2, -0.15) is 0 Å². The molecule has 12 amide bonds. The van der Waals surface area contributed by atoms with E-state index in [9.17, 15) is 69.5 Å². The minimum Gasteiger partial charge on any atom is -0.506 e. The predicted molar refractivity (Wildman–Crippen MR) is 488 cm³/mol.